The zero-order valence-corrected chi connectivity index (χ0v) is 11.0. The Bertz CT molecular complexity index is 642. The van der Waals surface area contributed by atoms with Crippen LogP contribution in [0.2, 0.25) is 0 Å². The smallest absolute Gasteiger partial charge is 0.181 e. The summed E-state index contributed by atoms with van der Waals surface area (Å²) in [4.78, 5) is 11.3. The molecule has 1 N–H and O–H groups in total. The average Bonchev–Trinajstić information content (AvgIpc) is 2.37. The third kappa shape index (κ3) is 3.20. The first-order valence-corrected chi connectivity index (χ1v) is 6.03. The van der Waals surface area contributed by atoms with Crippen molar-refractivity contribution in [2.24, 2.45) is 0 Å². The molecule has 0 saturated heterocycles. The summed E-state index contributed by atoms with van der Waals surface area (Å²) in [7, 11) is 1.50. The normalized spacial score (nSPS) is 11.3. The average molecular weight is 256 g/mol. The lowest BCUT2D eigenvalue weighted by atomic mass is 10.0. The Morgan fingerprint density at radius 1 is 1.32 bits per heavy atom. The highest BCUT2D eigenvalue weighted by Crippen LogP contribution is 2.25. The number of phenolic OH excluding ortho intramolecular Hbond substituents is 1. The molecule has 0 heterocycles. The highest BCUT2D eigenvalue weighted by Gasteiger charge is 2.01. The molecule has 0 radical (unpaired) electrons. The minimum atomic E-state index is -0.0648. The lowest BCUT2D eigenvalue weighted by Crippen LogP contribution is -2.01. The second kappa shape index (κ2) is 5.67. The summed E-state index contributed by atoms with van der Waals surface area (Å²) in [6.45, 7) is 2.04. The zero-order valence-electron chi connectivity index (χ0n) is 11.0. The van der Waals surface area contributed by atoms with Crippen molar-refractivity contribution in [1.29, 1.82) is 0 Å². The van der Waals surface area contributed by atoms with Gasteiger partial charge in [0.05, 0.1) is 0 Å². The molecule has 0 aromatic heterocycles. The highest BCUT2D eigenvalue weighted by molar-refractivity contribution is 5.95. The number of aryl methyl sites for hydroxylation is 1. The maximum absolute atomic E-state index is 11.3. The van der Waals surface area contributed by atoms with E-state index in [1.807, 2.05) is 25.1 Å². The molecule has 3 nitrogen and oxygen atoms in total. The molecule has 3 heteroatoms. The summed E-state index contributed by atoms with van der Waals surface area (Å²) < 4.78 is 4.77. The molecule has 0 fully saturated rings. The molecule has 0 unspecified atom stereocenters. The van der Waals surface area contributed by atoms with Crippen LogP contribution in [0.15, 0.2) is 36.4 Å². The summed E-state index contributed by atoms with van der Waals surface area (Å²) in [6, 6.07) is 9.30. The summed E-state index contributed by atoms with van der Waals surface area (Å²) in [5.41, 5.74) is 1.96. The quantitative estimate of drug-likeness (QED) is 0.855. The SMILES string of the molecule is COCC(=O)/C=C/c1ccc2cc(O)cc(C)c2c1. The van der Waals surface area contributed by atoms with E-state index < -0.39 is 0 Å². The van der Waals surface area contributed by atoms with Crippen molar-refractivity contribution in [3.8, 4) is 5.75 Å². The van der Waals surface area contributed by atoms with Gasteiger partial charge in [0.2, 0.25) is 0 Å². The van der Waals surface area contributed by atoms with E-state index >= 15 is 0 Å². The predicted molar refractivity (Wildman–Crippen MR) is 76.3 cm³/mol. The Hall–Kier alpha value is -2.13. The van der Waals surface area contributed by atoms with Gasteiger partial charge in [-0.25, -0.2) is 0 Å². The Morgan fingerprint density at radius 2 is 2.11 bits per heavy atom. The van der Waals surface area contributed by atoms with E-state index in [-0.39, 0.29) is 18.1 Å². The number of methoxy groups -OCH3 is 1. The molecule has 19 heavy (non-hydrogen) atoms. The van der Waals surface area contributed by atoms with Crippen molar-refractivity contribution in [3.63, 3.8) is 0 Å². The van der Waals surface area contributed by atoms with Gasteiger partial charge in [-0.3, -0.25) is 4.79 Å². The monoisotopic (exact) mass is 256 g/mol. The number of hydrogen-bond acceptors (Lipinski definition) is 3. The van der Waals surface area contributed by atoms with E-state index in [0.29, 0.717) is 0 Å². The van der Waals surface area contributed by atoms with Gasteiger partial charge in [-0.1, -0.05) is 18.2 Å². The molecule has 2 aromatic rings. The molecule has 2 aromatic carbocycles. The molecular weight excluding hydrogens is 240 g/mol. The van der Waals surface area contributed by atoms with Gasteiger partial charge in [0, 0.05) is 7.11 Å². The van der Waals surface area contributed by atoms with E-state index in [9.17, 15) is 9.90 Å². The standard InChI is InChI=1S/C16H16O3/c1-11-7-15(18)9-13-5-3-12(8-16(11)13)4-6-14(17)10-19-2/h3-9,18H,10H2,1-2H3/b6-4+. The second-order valence-electron chi connectivity index (χ2n) is 4.48. The molecule has 0 atom stereocenters. The number of benzene rings is 2. The van der Waals surface area contributed by atoms with E-state index in [4.69, 9.17) is 4.74 Å². The largest absolute Gasteiger partial charge is 0.508 e. The molecule has 98 valence electrons. The summed E-state index contributed by atoms with van der Waals surface area (Å²) in [6.07, 6.45) is 3.29. The number of ether oxygens (including phenoxy) is 1. The second-order valence-corrected chi connectivity index (χ2v) is 4.48. The highest BCUT2D eigenvalue weighted by atomic mass is 16.5. The summed E-state index contributed by atoms with van der Waals surface area (Å²) in [5, 5.41) is 11.6. The molecule has 2 rings (SSSR count). The van der Waals surface area contributed by atoms with E-state index in [1.54, 1.807) is 18.2 Å². The van der Waals surface area contributed by atoms with Crippen LogP contribution < -0.4 is 0 Å². The Morgan fingerprint density at radius 3 is 2.84 bits per heavy atom. The van der Waals surface area contributed by atoms with Crippen LogP contribution in [-0.4, -0.2) is 24.6 Å². The lowest BCUT2D eigenvalue weighted by Gasteiger charge is -2.04. The van der Waals surface area contributed by atoms with Gasteiger partial charge in [0.15, 0.2) is 5.78 Å². The number of phenols is 1. The minimum absolute atomic E-state index is 0.0648. The third-order valence-corrected chi connectivity index (χ3v) is 2.92. The number of aromatic hydroxyl groups is 1. The lowest BCUT2D eigenvalue weighted by molar-refractivity contribution is -0.117. The third-order valence-electron chi connectivity index (χ3n) is 2.92. The Kier molecular flexibility index (Phi) is 3.97. The van der Waals surface area contributed by atoms with Gasteiger partial charge in [-0.2, -0.15) is 0 Å². The number of fused-ring (bicyclic) bond motifs is 1. The molecule has 0 spiro atoms. The van der Waals surface area contributed by atoms with Crippen LogP contribution in [-0.2, 0) is 9.53 Å². The van der Waals surface area contributed by atoms with Gasteiger partial charge in [0.1, 0.15) is 12.4 Å². The number of rotatable bonds is 4. The number of ketones is 1. The fourth-order valence-electron chi connectivity index (χ4n) is 2.03. The van der Waals surface area contributed by atoms with Gasteiger partial charge in [0.25, 0.3) is 0 Å². The summed E-state index contributed by atoms with van der Waals surface area (Å²) >= 11 is 0. The van der Waals surface area contributed by atoms with Crippen LogP contribution in [0.4, 0.5) is 0 Å². The topological polar surface area (TPSA) is 46.5 Å². The Balaban J connectivity index is 2.34. The summed E-state index contributed by atoms with van der Waals surface area (Å²) in [5.74, 6) is 0.202. The van der Waals surface area contributed by atoms with E-state index in [1.165, 1.54) is 13.2 Å². The minimum Gasteiger partial charge on any atom is -0.508 e. The van der Waals surface area contributed by atoms with Gasteiger partial charge >= 0.3 is 0 Å². The number of hydrogen-bond donors (Lipinski definition) is 1. The van der Waals surface area contributed by atoms with Crippen molar-refractivity contribution in [3.05, 3.63) is 47.5 Å². The Labute approximate surface area is 112 Å². The first kappa shape index (κ1) is 13.3. The molecule has 0 saturated carbocycles. The van der Waals surface area contributed by atoms with Gasteiger partial charge in [-0.15, -0.1) is 0 Å². The van der Waals surface area contributed by atoms with Crippen LogP contribution >= 0.6 is 0 Å². The maximum atomic E-state index is 11.3. The van der Waals surface area contributed by atoms with Gasteiger partial charge in [-0.05, 0) is 53.1 Å². The van der Waals surface area contributed by atoms with Crippen LogP contribution in [0.3, 0.4) is 0 Å². The first-order valence-electron chi connectivity index (χ1n) is 6.03. The van der Waals surface area contributed by atoms with E-state index in [2.05, 4.69) is 0 Å². The molecule has 0 aliphatic heterocycles. The fraction of sp³-hybridized carbons (Fsp3) is 0.188. The van der Waals surface area contributed by atoms with Crippen molar-refractivity contribution < 1.29 is 14.6 Å². The van der Waals surface area contributed by atoms with Crippen LogP contribution in [0.1, 0.15) is 11.1 Å². The van der Waals surface area contributed by atoms with E-state index in [0.717, 1.165) is 21.9 Å². The number of carbonyl (C=O) groups is 1. The van der Waals surface area contributed by atoms with Crippen molar-refractivity contribution in [2.75, 3.05) is 13.7 Å². The van der Waals surface area contributed by atoms with Crippen LogP contribution in [0, 0.1) is 6.92 Å². The van der Waals surface area contributed by atoms with Crippen LogP contribution in [0.25, 0.3) is 16.8 Å². The van der Waals surface area contributed by atoms with Crippen molar-refractivity contribution in [1.82, 2.24) is 0 Å². The molecule has 0 bridgehead atoms. The zero-order chi connectivity index (χ0) is 13.8. The fourth-order valence-corrected chi connectivity index (χ4v) is 2.03. The first-order chi connectivity index (χ1) is 9.10. The predicted octanol–water partition coefficient (Wildman–Crippen LogP) is 3.08. The maximum Gasteiger partial charge on any atom is 0.181 e. The molecule has 0 aliphatic rings. The molecule has 0 amide bonds. The van der Waals surface area contributed by atoms with Crippen LogP contribution in [0.5, 0.6) is 5.75 Å². The number of carbonyl (C=O) groups excluding carboxylic acids is 1. The molecular formula is C16H16O3. The molecule has 0 aliphatic carbocycles. The van der Waals surface area contributed by atoms with Crippen molar-refractivity contribution >= 4 is 22.6 Å². The van der Waals surface area contributed by atoms with Gasteiger partial charge < -0.3 is 9.84 Å². The van der Waals surface area contributed by atoms with Crippen molar-refractivity contribution in [2.45, 2.75) is 6.92 Å².